The Kier molecular flexibility index (Phi) is 80.5. The number of Topliss-reactive ketones (excluding diaryl/α,β-unsaturated/α-hetero) is 1. The van der Waals surface area contributed by atoms with Gasteiger partial charge < -0.3 is 58.6 Å². The lowest BCUT2D eigenvalue weighted by atomic mass is 9.91. The Morgan fingerprint density at radius 1 is 0.301 bits per heavy atom. The average molecular weight is 1640 g/mol. The molecule has 0 aliphatic rings. The molecule has 0 aromatic carbocycles. The summed E-state index contributed by atoms with van der Waals surface area (Å²) in [6.45, 7) is 120. The Morgan fingerprint density at radius 2 is 0.575 bits per heavy atom. The van der Waals surface area contributed by atoms with Crippen LogP contribution >= 0.6 is 11.8 Å². The van der Waals surface area contributed by atoms with Crippen LogP contribution < -0.4 is 16.0 Å². The largest absolute Gasteiger partial charge is 0.376 e. The van der Waals surface area contributed by atoms with Crippen molar-refractivity contribution in [3.8, 4) is 0 Å². The van der Waals surface area contributed by atoms with E-state index in [1.54, 1.807) is 0 Å². The van der Waals surface area contributed by atoms with Gasteiger partial charge in [0.05, 0.1) is 70.7 Å². The second-order valence-corrected chi connectivity index (χ2v) is 47.7. The van der Waals surface area contributed by atoms with E-state index in [2.05, 4.69) is 242 Å². The molecule has 0 saturated carbocycles. The normalized spacial score (nSPS) is 12.7. The minimum atomic E-state index is -0.301. The molecule has 0 heterocycles. The Bertz CT molecular complexity index is 1890. The van der Waals surface area contributed by atoms with Crippen LogP contribution in [0.4, 0.5) is 0 Å². The molecular formula is C98H215N3O11S. The summed E-state index contributed by atoms with van der Waals surface area (Å²) < 4.78 is 49.1. The second-order valence-electron chi connectivity index (χ2n) is 46.4. The van der Waals surface area contributed by atoms with Gasteiger partial charge in [-0.2, -0.15) is 11.8 Å². The lowest BCUT2D eigenvalue weighted by molar-refractivity contribution is -0.163. The molecule has 0 atom stereocenters. The smallest absolute Gasteiger partial charge is 0.225 e. The van der Waals surface area contributed by atoms with Gasteiger partial charge in [0, 0.05) is 55.3 Å². The highest BCUT2D eigenvalue weighted by Crippen LogP contribution is 2.25. The van der Waals surface area contributed by atoms with Gasteiger partial charge in [-0.3, -0.25) is 9.59 Å². The van der Waals surface area contributed by atoms with Crippen molar-refractivity contribution in [2.24, 2.45) is 51.8 Å². The summed E-state index contributed by atoms with van der Waals surface area (Å²) in [7, 11) is 0. The maximum absolute atomic E-state index is 11.5. The molecule has 0 aliphatic heterocycles. The molecule has 15 heteroatoms. The quantitative estimate of drug-likeness (QED) is 0.0414. The molecule has 0 fully saturated rings. The molecular weight excluding hydrogens is 1430 g/mol. The van der Waals surface area contributed by atoms with Gasteiger partial charge in [0.15, 0.2) is 5.78 Å². The maximum atomic E-state index is 11.5. The molecule has 113 heavy (non-hydrogen) atoms. The number of nitrogens with one attached hydrogen (secondary N) is 3. The standard InChI is InChI=1S/C14H30S.C12H25NO2.C10H23NO.C10H22O2.C9H21N.C9H20O2.2C9H20O.C8H16O2.C8H18/c1-13(2,3)9-7-11-15-12-8-10-14(4,5)6;1-11(2,3)10(14)13-8-7-9-15-12(4,5)6;2*1-9(2,3)11-7-8-12-10(4,5)6;1-8(2)6-7-10-9(3,4)5;1-8(2,3)10-7-11-9(4,5)6;2*1-8(2)6-7-10-9(3,4)5;1-6(2)8(9)5-10-7(3)4;1-7(2)5-6-8(3)4/h7-12H2,1-6H3;7-9H2,1-6H3,(H,13,14);11H,7-8H2,1-6H3;7-8H2,1-6H3;8,10H,6-7H2,1-5H3;7H2,1-6H3;2*8H,6-7H2,1-5H3;6-7H,5H2,1-4H3;7-8H,5-6H2,1-4H3. The predicted octanol–water partition coefficient (Wildman–Crippen LogP) is 27.9. The van der Waals surface area contributed by atoms with E-state index in [1.807, 2.05) is 152 Å². The first-order valence-electron chi connectivity index (χ1n) is 44.5. The number of rotatable bonds is 34. The average Bonchev–Trinajstić information content (AvgIpc) is 0.922. The summed E-state index contributed by atoms with van der Waals surface area (Å²) in [5.74, 6) is 7.16. The lowest BCUT2D eigenvalue weighted by Crippen LogP contribution is -2.39. The van der Waals surface area contributed by atoms with Crippen LogP contribution in [0, 0.1) is 51.8 Å². The number of ether oxygens (including phenoxy) is 9. The SMILES string of the molecule is CC(C)(C)CCCSCCCC(C)(C)C.CC(C)(C)NCCOC(C)(C)C.CC(C)(C)OCCCNC(=O)C(C)(C)C.CC(C)(C)OCCOC(C)(C)C.CC(C)(C)OCOC(C)(C)C.CC(C)CCC(C)C.CC(C)CCNC(C)(C)C.CC(C)CCOC(C)(C)C.CC(C)CCOC(C)(C)C.CC(C)OCC(=O)C(C)C. The fourth-order valence-corrected chi connectivity index (χ4v) is 8.21. The molecule has 0 rings (SSSR count). The number of ketones is 1. The van der Waals surface area contributed by atoms with Crippen molar-refractivity contribution in [1.82, 2.24) is 16.0 Å². The minimum absolute atomic E-state index is 0.0143. The zero-order chi connectivity index (χ0) is 92.2. The number of thioether (sulfide) groups is 1. The van der Waals surface area contributed by atoms with E-state index >= 15 is 0 Å². The second kappa shape index (κ2) is 68.6. The third-order valence-electron chi connectivity index (χ3n) is 14.0. The van der Waals surface area contributed by atoms with Crippen LogP contribution in [0.3, 0.4) is 0 Å². The van der Waals surface area contributed by atoms with Crippen molar-refractivity contribution >= 4 is 23.5 Å². The molecule has 0 aromatic rings. The highest BCUT2D eigenvalue weighted by atomic mass is 32.2. The van der Waals surface area contributed by atoms with Crippen LogP contribution in [-0.4, -0.2) is 158 Å². The molecule has 0 radical (unpaired) electrons. The van der Waals surface area contributed by atoms with Gasteiger partial charge in [0.1, 0.15) is 13.4 Å². The van der Waals surface area contributed by atoms with Gasteiger partial charge in [0.2, 0.25) is 5.91 Å². The van der Waals surface area contributed by atoms with Gasteiger partial charge in [-0.25, -0.2) is 0 Å². The van der Waals surface area contributed by atoms with Gasteiger partial charge in [-0.15, -0.1) is 0 Å². The maximum Gasteiger partial charge on any atom is 0.225 e. The van der Waals surface area contributed by atoms with Crippen molar-refractivity contribution in [3.63, 3.8) is 0 Å². The number of carbonyl (C=O) groups excluding carboxylic acids is 2. The summed E-state index contributed by atoms with van der Waals surface area (Å²) in [4.78, 5) is 22.4. The van der Waals surface area contributed by atoms with E-state index in [9.17, 15) is 9.59 Å². The van der Waals surface area contributed by atoms with E-state index in [1.165, 1.54) is 56.5 Å². The number of carbonyl (C=O) groups is 2. The monoisotopic (exact) mass is 1640 g/mol. The topological polar surface area (TPSA) is 153 Å². The van der Waals surface area contributed by atoms with Crippen LogP contribution in [0.25, 0.3) is 0 Å². The van der Waals surface area contributed by atoms with Crippen molar-refractivity contribution in [1.29, 1.82) is 0 Å². The molecule has 0 bridgehead atoms. The lowest BCUT2D eigenvalue weighted by Gasteiger charge is -2.24. The van der Waals surface area contributed by atoms with Crippen molar-refractivity contribution in [3.05, 3.63) is 0 Å². The highest BCUT2D eigenvalue weighted by Gasteiger charge is 2.22. The summed E-state index contributed by atoms with van der Waals surface area (Å²) in [6.07, 6.45) is 12.9. The van der Waals surface area contributed by atoms with E-state index in [0.29, 0.717) is 44.0 Å². The zero-order valence-corrected chi connectivity index (χ0v) is 88.0. The van der Waals surface area contributed by atoms with Gasteiger partial charge in [-0.05, 0) is 331 Å². The fraction of sp³-hybridized carbons (Fsp3) is 0.980. The molecule has 694 valence electrons. The fourth-order valence-electron chi connectivity index (χ4n) is 7.31. The molecule has 3 N–H and O–H groups in total. The first-order chi connectivity index (χ1) is 49.9. The molecule has 14 nitrogen and oxygen atoms in total. The van der Waals surface area contributed by atoms with Crippen molar-refractivity contribution < 1.29 is 52.2 Å². The Hall–Kier alpha value is -0.950. The number of hydrogen-bond donors (Lipinski definition) is 3. The van der Waals surface area contributed by atoms with E-state index in [4.69, 9.17) is 42.6 Å². The number of amides is 1. The molecule has 0 saturated heterocycles. The molecule has 0 spiro atoms. The Balaban J connectivity index is -0.000000131. The first kappa shape index (κ1) is 133. The summed E-state index contributed by atoms with van der Waals surface area (Å²) in [5, 5.41) is 9.71. The highest BCUT2D eigenvalue weighted by molar-refractivity contribution is 7.99. The van der Waals surface area contributed by atoms with Gasteiger partial charge >= 0.3 is 0 Å². The van der Waals surface area contributed by atoms with E-state index in [-0.39, 0.29) is 91.6 Å². The number of hydrogen-bond acceptors (Lipinski definition) is 14. The molecule has 0 aliphatic carbocycles. The van der Waals surface area contributed by atoms with Crippen LogP contribution in [0.5, 0.6) is 0 Å². The third-order valence-corrected chi connectivity index (χ3v) is 15.2. The molecule has 0 aromatic heterocycles. The van der Waals surface area contributed by atoms with Crippen molar-refractivity contribution in [2.45, 2.75) is 493 Å². The summed E-state index contributed by atoms with van der Waals surface area (Å²) in [5.41, 5.74) is 0.870. The predicted molar refractivity (Wildman–Crippen MR) is 506 cm³/mol. The summed E-state index contributed by atoms with van der Waals surface area (Å²) >= 11 is 2.13. The van der Waals surface area contributed by atoms with Crippen LogP contribution in [-0.2, 0) is 52.2 Å². The minimum Gasteiger partial charge on any atom is -0.376 e. The van der Waals surface area contributed by atoms with E-state index < -0.39 is 0 Å². The first-order valence-corrected chi connectivity index (χ1v) is 45.6. The third kappa shape index (κ3) is 174. The van der Waals surface area contributed by atoms with Crippen LogP contribution in [0.2, 0.25) is 0 Å². The van der Waals surface area contributed by atoms with Crippen molar-refractivity contribution in [2.75, 3.05) is 84.2 Å². The summed E-state index contributed by atoms with van der Waals surface area (Å²) in [6, 6.07) is 0. The van der Waals surface area contributed by atoms with Crippen LogP contribution in [0.15, 0.2) is 0 Å². The Labute approximate surface area is 716 Å². The zero-order valence-electron chi connectivity index (χ0n) is 87.2. The molecule has 1 amide bonds. The Morgan fingerprint density at radius 3 is 0.823 bits per heavy atom. The van der Waals surface area contributed by atoms with Gasteiger partial charge in [-0.1, -0.05) is 158 Å². The van der Waals surface area contributed by atoms with Gasteiger partial charge in [0.25, 0.3) is 0 Å². The molecule has 0 unspecified atom stereocenters. The van der Waals surface area contributed by atoms with Crippen LogP contribution in [0.1, 0.15) is 431 Å². The van der Waals surface area contributed by atoms with E-state index in [0.717, 1.165) is 81.8 Å².